The Morgan fingerprint density at radius 3 is 2.50 bits per heavy atom. The summed E-state index contributed by atoms with van der Waals surface area (Å²) in [5.74, 6) is 1.06. The molecule has 1 aliphatic carbocycles. The summed E-state index contributed by atoms with van der Waals surface area (Å²) < 4.78 is 1.81. The molecule has 0 aromatic carbocycles. The van der Waals surface area contributed by atoms with Crippen LogP contribution in [-0.4, -0.2) is 59.9 Å². The van der Waals surface area contributed by atoms with Crippen molar-refractivity contribution in [3.63, 3.8) is 0 Å². The summed E-state index contributed by atoms with van der Waals surface area (Å²) in [6, 6.07) is 0. The molecule has 22 heavy (non-hydrogen) atoms. The summed E-state index contributed by atoms with van der Waals surface area (Å²) in [4.78, 5) is 16.3. The predicted molar refractivity (Wildman–Crippen MR) is 92.1 cm³/mol. The lowest BCUT2D eigenvalue weighted by molar-refractivity contribution is -0.130. The molecule has 1 aromatic heterocycles. The summed E-state index contributed by atoms with van der Waals surface area (Å²) in [6.07, 6.45) is 6.55. The van der Waals surface area contributed by atoms with Crippen LogP contribution in [0.5, 0.6) is 0 Å². The Labute approximate surface area is 144 Å². The Balaban J connectivity index is 0.00000121. The molecule has 1 aliphatic heterocycles. The molecule has 2 heterocycles. The molecular formula is C14H25Cl2N5O. The van der Waals surface area contributed by atoms with Gasteiger partial charge in [0.15, 0.2) is 0 Å². The van der Waals surface area contributed by atoms with E-state index < -0.39 is 0 Å². The standard InChI is InChI=1S/C14H23N5O.2ClH/c1-17-11-13(9-16-17)18-4-6-19(7-5-18)14(20)10-15-8-12-2-3-12;;/h9,11-12,15H,2-8,10H2,1H3;2*1H. The van der Waals surface area contributed by atoms with Crippen LogP contribution in [0.2, 0.25) is 0 Å². The molecule has 2 fully saturated rings. The molecule has 0 bridgehead atoms. The summed E-state index contributed by atoms with van der Waals surface area (Å²) in [5.41, 5.74) is 1.14. The van der Waals surface area contributed by atoms with Crippen molar-refractivity contribution in [1.82, 2.24) is 20.0 Å². The fourth-order valence-electron chi connectivity index (χ4n) is 2.60. The maximum atomic E-state index is 12.1. The number of aromatic nitrogens is 2. The van der Waals surface area contributed by atoms with Crippen molar-refractivity contribution >= 4 is 36.4 Å². The van der Waals surface area contributed by atoms with Crippen LogP contribution < -0.4 is 10.2 Å². The van der Waals surface area contributed by atoms with Crippen molar-refractivity contribution in [1.29, 1.82) is 0 Å². The zero-order chi connectivity index (χ0) is 13.9. The van der Waals surface area contributed by atoms with Crippen molar-refractivity contribution in [2.75, 3.05) is 44.2 Å². The molecule has 0 radical (unpaired) electrons. The fraction of sp³-hybridized carbons (Fsp3) is 0.714. The zero-order valence-electron chi connectivity index (χ0n) is 12.9. The van der Waals surface area contributed by atoms with Crippen LogP contribution in [0.25, 0.3) is 0 Å². The first-order valence-corrected chi connectivity index (χ1v) is 7.44. The van der Waals surface area contributed by atoms with Crippen LogP contribution in [0.1, 0.15) is 12.8 Å². The molecule has 8 heteroatoms. The van der Waals surface area contributed by atoms with Crippen molar-refractivity contribution in [3.05, 3.63) is 12.4 Å². The highest BCUT2D eigenvalue weighted by molar-refractivity contribution is 5.85. The van der Waals surface area contributed by atoms with Crippen LogP contribution in [0, 0.1) is 5.92 Å². The van der Waals surface area contributed by atoms with Gasteiger partial charge in [0, 0.05) is 39.4 Å². The Kier molecular flexibility index (Phi) is 7.45. The van der Waals surface area contributed by atoms with E-state index in [1.54, 1.807) is 0 Å². The number of piperazine rings is 1. The minimum atomic E-state index is 0. The molecule has 3 rings (SSSR count). The van der Waals surface area contributed by atoms with Gasteiger partial charge in [-0.25, -0.2) is 0 Å². The Bertz CT molecular complexity index is 470. The molecule has 6 nitrogen and oxygen atoms in total. The number of amides is 1. The van der Waals surface area contributed by atoms with Crippen molar-refractivity contribution in [3.8, 4) is 0 Å². The average Bonchev–Trinajstić information content (AvgIpc) is 3.18. The second-order valence-electron chi connectivity index (χ2n) is 5.81. The minimum Gasteiger partial charge on any atom is -0.365 e. The van der Waals surface area contributed by atoms with Crippen LogP contribution in [0.15, 0.2) is 12.4 Å². The van der Waals surface area contributed by atoms with Gasteiger partial charge in [-0.3, -0.25) is 9.48 Å². The topological polar surface area (TPSA) is 53.4 Å². The third kappa shape index (κ3) is 5.04. The fourth-order valence-corrected chi connectivity index (χ4v) is 2.60. The van der Waals surface area contributed by atoms with E-state index >= 15 is 0 Å². The first kappa shape index (κ1) is 19.1. The number of carbonyl (C=O) groups is 1. The molecule has 1 saturated carbocycles. The molecule has 0 atom stereocenters. The smallest absolute Gasteiger partial charge is 0.236 e. The lowest BCUT2D eigenvalue weighted by Gasteiger charge is -2.35. The van der Waals surface area contributed by atoms with E-state index in [0.29, 0.717) is 6.54 Å². The molecule has 1 aromatic rings. The van der Waals surface area contributed by atoms with E-state index in [9.17, 15) is 4.79 Å². The molecule has 1 N–H and O–H groups in total. The molecule has 0 spiro atoms. The number of nitrogens with zero attached hydrogens (tertiary/aromatic N) is 4. The maximum Gasteiger partial charge on any atom is 0.236 e. The van der Waals surface area contributed by atoms with Crippen LogP contribution >= 0.6 is 24.8 Å². The van der Waals surface area contributed by atoms with Gasteiger partial charge in [0.25, 0.3) is 0 Å². The third-order valence-electron chi connectivity index (χ3n) is 4.09. The summed E-state index contributed by atoms with van der Waals surface area (Å²) in [6.45, 7) is 4.88. The Morgan fingerprint density at radius 1 is 1.27 bits per heavy atom. The second kappa shape index (κ2) is 8.60. The van der Waals surface area contributed by atoms with Crippen molar-refractivity contribution < 1.29 is 4.79 Å². The first-order chi connectivity index (χ1) is 9.72. The molecule has 0 unspecified atom stereocenters. The number of rotatable bonds is 5. The first-order valence-electron chi connectivity index (χ1n) is 7.44. The van der Waals surface area contributed by atoms with E-state index in [1.807, 2.05) is 29.0 Å². The van der Waals surface area contributed by atoms with Crippen LogP contribution in [-0.2, 0) is 11.8 Å². The third-order valence-corrected chi connectivity index (χ3v) is 4.09. The van der Waals surface area contributed by atoms with Gasteiger partial charge in [0.1, 0.15) is 0 Å². The van der Waals surface area contributed by atoms with Gasteiger partial charge < -0.3 is 15.1 Å². The number of anilines is 1. The highest BCUT2D eigenvalue weighted by Gasteiger charge is 2.23. The Hall–Kier alpha value is -0.980. The second-order valence-corrected chi connectivity index (χ2v) is 5.81. The predicted octanol–water partition coefficient (Wildman–Crippen LogP) is 0.912. The van der Waals surface area contributed by atoms with Crippen LogP contribution in [0.3, 0.4) is 0 Å². The summed E-state index contributed by atoms with van der Waals surface area (Å²) in [7, 11) is 1.93. The quantitative estimate of drug-likeness (QED) is 0.858. The monoisotopic (exact) mass is 349 g/mol. The molecule has 126 valence electrons. The highest BCUT2D eigenvalue weighted by Crippen LogP contribution is 2.27. The maximum absolute atomic E-state index is 12.1. The van der Waals surface area contributed by atoms with E-state index in [4.69, 9.17) is 0 Å². The minimum absolute atomic E-state index is 0. The van der Waals surface area contributed by atoms with E-state index in [-0.39, 0.29) is 30.7 Å². The highest BCUT2D eigenvalue weighted by atomic mass is 35.5. The number of nitrogens with one attached hydrogen (secondary N) is 1. The van der Waals surface area contributed by atoms with Crippen molar-refractivity contribution in [2.45, 2.75) is 12.8 Å². The largest absolute Gasteiger partial charge is 0.365 e. The van der Waals surface area contributed by atoms with E-state index in [2.05, 4.69) is 15.3 Å². The van der Waals surface area contributed by atoms with Gasteiger partial charge in [-0.05, 0) is 25.3 Å². The molecule has 1 amide bonds. The SMILES string of the molecule is Cl.Cl.Cn1cc(N2CCN(C(=O)CNCC3CC3)CC2)cn1. The molecule has 1 saturated heterocycles. The number of hydrogen-bond donors (Lipinski definition) is 1. The molecular weight excluding hydrogens is 325 g/mol. The zero-order valence-corrected chi connectivity index (χ0v) is 14.5. The van der Waals surface area contributed by atoms with Crippen LogP contribution in [0.4, 0.5) is 5.69 Å². The van der Waals surface area contributed by atoms with Gasteiger partial charge in [0.05, 0.1) is 18.4 Å². The summed E-state index contributed by atoms with van der Waals surface area (Å²) >= 11 is 0. The summed E-state index contributed by atoms with van der Waals surface area (Å²) in [5, 5.41) is 7.47. The Morgan fingerprint density at radius 2 is 1.95 bits per heavy atom. The van der Waals surface area contributed by atoms with Crippen molar-refractivity contribution in [2.24, 2.45) is 13.0 Å². The lowest BCUT2D eigenvalue weighted by Crippen LogP contribution is -2.51. The average molecular weight is 350 g/mol. The number of carbonyl (C=O) groups excluding carboxylic acids is 1. The van der Waals surface area contributed by atoms with Gasteiger partial charge in [-0.15, -0.1) is 24.8 Å². The normalized spacial score (nSPS) is 17.7. The molecule has 2 aliphatic rings. The number of hydrogen-bond acceptors (Lipinski definition) is 4. The van der Waals surface area contributed by atoms with Gasteiger partial charge >= 0.3 is 0 Å². The van der Waals surface area contributed by atoms with E-state index in [0.717, 1.165) is 44.3 Å². The lowest BCUT2D eigenvalue weighted by atomic mass is 10.3. The van der Waals surface area contributed by atoms with Gasteiger partial charge in [-0.1, -0.05) is 0 Å². The number of aryl methyl sites for hydroxylation is 1. The number of halogens is 2. The van der Waals surface area contributed by atoms with Gasteiger partial charge in [-0.2, -0.15) is 5.10 Å². The van der Waals surface area contributed by atoms with E-state index in [1.165, 1.54) is 12.8 Å². The van der Waals surface area contributed by atoms with Gasteiger partial charge in [0.2, 0.25) is 5.91 Å².